The minimum atomic E-state index is -0.682. The van der Waals surface area contributed by atoms with Gasteiger partial charge in [0.2, 0.25) is 0 Å². The maximum absolute atomic E-state index is 13.1. The Morgan fingerprint density at radius 2 is 1.73 bits per heavy atom. The van der Waals surface area contributed by atoms with E-state index in [4.69, 9.17) is 26.1 Å². The van der Waals surface area contributed by atoms with Gasteiger partial charge in [0.05, 0.1) is 0 Å². The number of ether oxygens (including phenoxy) is 2. The molecule has 11 nitrogen and oxygen atoms in total. The quantitative estimate of drug-likeness (QED) is 0.321. The summed E-state index contributed by atoms with van der Waals surface area (Å²) in [5.41, 5.74) is 0.812. The van der Waals surface area contributed by atoms with E-state index in [9.17, 15) is 9.59 Å². The number of pyridine rings is 1. The lowest BCUT2D eigenvalue weighted by molar-refractivity contribution is 0.0206. The summed E-state index contributed by atoms with van der Waals surface area (Å²) < 4.78 is 14.3. The fraction of sp³-hybridized carbons (Fsp3) is 0.464. The Morgan fingerprint density at radius 1 is 1.02 bits per heavy atom. The van der Waals surface area contributed by atoms with Crippen LogP contribution >= 0.6 is 11.6 Å². The van der Waals surface area contributed by atoms with Crippen molar-refractivity contribution in [1.82, 2.24) is 28.8 Å². The summed E-state index contributed by atoms with van der Waals surface area (Å²) in [5, 5.41) is 4.52. The number of likely N-dealkylation sites (tertiary alicyclic amines) is 1. The van der Waals surface area contributed by atoms with Crippen LogP contribution in [0.25, 0.3) is 27.9 Å². The van der Waals surface area contributed by atoms with Crippen molar-refractivity contribution >= 4 is 46.3 Å². The maximum atomic E-state index is 13.1. The molecule has 0 bridgehead atoms. The van der Waals surface area contributed by atoms with Crippen molar-refractivity contribution < 1.29 is 19.1 Å². The van der Waals surface area contributed by atoms with Crippen LogP contribution in [0.2, 0.25) is 5.15 Å². The summed E-state index contributed by atoms with van der Waals surface area (Å²) in [5.74, 6) is 0.516. The number of imidazole rings is 1. The number of anilines is 1. The average Bonchev–Trinajstić information content (AvgIpc) is 3.50. The predicted octanol–water partition coefficient (Wildman–Crippen LogP) is 5.99. The van der Waals surface area contributed by atoms with E-state index in [1.807, 2.05) is 47.6 Å². The maximum Gasteiger partial charge on any atom is 0.420 e. The Bertz CT molecular complexity index is 1580. The first-order chi connectivity index (χ1) is 18.8. The Hall–Kier alpha value is -3.86. The molecule has 1 atom stereocenters. The second-order valence-electron chi connectivity index (χ2n) is 11.9. The third-order valence-corrected chi connectivity index (χ3v) is 6.67. The zero-order chi connectivity index (χ0) is 28.8. The molecule has 12 heteroatoms. The highest BCUT2D eigenvalue weighted by atomic mass is 35.5. The van der Waals surface area contributed by atoms with Crippen LogP contribution in [0.1, 0.15) is 54.4 Å². The van der Waals surface area contributed by atoms with E-state index in [0.29, 0.717) is 52.0 Å². The van der Waals surface area contributed by atoms with Crippen molar-refractivity contribution in [2.75, 3.05) is 18.4 Å². The number of rotatable bonds is 3. The van der Waals surface area contributed by atoms with Crippen LogP contribution in [0.5, 0.6) is 0 Å². The first-order valence-electron chi connectivity index (χ1n) is 13.3. The molecule has 0 saturated carbocycles. The number of fused-ring (bicyclic) bond motifs is 2. The third-order valence-electron chi connectivity index (χ3n) is 6.31. The van der Waals surface area contributed by atoms with E-state index < -0.39 is 17.3 Å². The van der Waals surface area contributed by atoms with E-state index in [2.05, 4.69) is 15.3 Å². The topological polar surface area (TPSA) is 116 Å². The van der Waals surface area contributed by atoms with E-state index in [0.717, 1.165) is 12.8 Å². The van der Waals surface area contributed by atoms with Crippen LogP contribution in [-0.2, 0) is 9.47 Å². The molecule has 1 aliphatic rings. The van der Waals surface area contributed by atoms with Gasteiger partial charge in [0.1, 0.15) is 27.7 Å². The molecule has 0 aliphatic carbocycles. The number of aromatic nitrogens is 5. The molecule has 0 spiro atoms. The average molecular weight is 568 g/mol. The molecule has 1 fully saturated rings. The molecule has 1 unspecified atom stereocenters. The van der Waals surface area contributed by atoms with Crippen molar-refractivity contribution in [3.63, 3.8) is 0 Å². The van der Waals surface area contributed by atoms with Crippen LogP contribution in [0.15, 0.2) is 36.9 Å². The van der Waals surface area contributed by atoms with E-state index >= 15 is 0 Å². The monoisotopic (exact) mass is 567 g/mol. The van der Waals surface area contributed by atoms with Gasteiger partial charge in [-0.1, -0.05) is 11.6 Å². The minimum absolute atomic E-state index is 0.0759. The number of carbonyl (C=O) groups excluding carboxylic acids is 2. The molecule has 4 aromatic rings. The van der Waals surface area contributed by atoms with Crippen LogP contribution in [0.3, 0.4) is 0 Å². The number of nitrogens with zero attached hydrogens (tertiary/aromatic N) is 6. The lowest BCUT2D eigenvalue weighted by Crippen LogP contribution is -2.47. The highest BCUT2D eigenvalue weighted by Crippen LogP contribution is 2.36. The van der Waals surface area contributed by atoms with Gasteiger partial charge in [-0.2, -0.15) is 0 Å². The van der Waals surface area contributed by atoms with Crippen molar-refractivity contribution in [3.8, 4) is 11.3 Å². The Labute approximate surface area is 237 Å². The number of amides is 1. The van der Waals surface area contributed by atoms with E-state index in [-0.39, 0.29) is 12.1 Å². The number of hydrogen-bond donors (Lipinski definition) is 1. The van der Waals surface area contributed by atoms with Gasteiger partial charge in [-0.3, -0.25) is 4.40 Å². The Morgan fingerprint density at radius 3 is 2.45 bits per heavy atom. The second kappa shape index (κ2) is 10.3. The van der Waals surface area contributed by atoms with Crippen LogP contribution in [0.4, 0.5) is 15.4 Å². The fourth-order valence-electron chi connectivity index (χ4n) is 4.71. The van der Waals surface area contributed by atoms with Crippen LogP contribution in [-0.4, -0.2) is 71.3 Å². The third kappa shape index (κ3) is 5.70. The molecule has 0 radical (unpaired) electrons. The first-order valence-corrected chi connectivity index (χ1v) is 13.7. The molecular weight excluding hydrogens is 534 g/mol. The number of hydrogen-bond acceptors (Lipinski definition) is 8. The SMILES string of the molecule is CC(C)(C)OC(=O)N1CCCC(Nc2nc(-c3cn(C(=O)OC(C)(C)C)c4ncccc34)c(Cl)n3ccnc23)C1. The predicted molar refractivity (Wildman–Crippen MR) is 153 cm³/mol. The van der Waals surface area contributed by atoms with E-state index in [1.54, 1.807) is 40.2 Å². The molecule has 1 saturated heterocycles. The van der Waals surface area contributed by atoms with Gasteiger partial charge in [-0.05, 0) is 66.5 Å². The summed E-state index contributed by atoms with van der Waals surface area (Å²) in [6, 6.07) is 3.58. The van der Waals surface area contributed by atoms with Crippen LogP contribution < -0.4 is 5.32 Å². The van der Waals surface area contributed by atoms with Crippen molar-refractivity contribution in [3.05, 3.63) is 42.1 Å². The molecule has 1 N–H and O–H groups in total. The molecular formula is C28H34ClN7O4. The summed E-state index contributed by atoms with van der Waals surface area (Å²) in [4.78, 5) is 41.3. The Balaban J connectivity index is 1.52. The fourth-order valence-corrected chi connectivity index (χ4v) is 4.99. The highest BCUT2D eigenvalue weighted by molar-refractivity contribution is 6.32. The number of nitrogens with one attached hydrogen (secondary N) is 1. The standard InChI is InChI=1S/C28H34ClN7O4/c1-27(2,3)39-25(37)34-13-8-9-17(15-34)32-22-24-31-12-14-35(24)21(29)20(33-22)19-16-36(26(38)40-28(4,5)6)23-18(19)10-7-11-30-23/h7,10-12,14,16-17H,8-9,13,15H2,1-6H3,(H,32,33). The molecule has 40 heavy (non-hydrogen) atoms. The van der Waals surface area contributed by atoms with Gasteiger partial charge in [0.25, 0.3) is 0 Å². The van der Waals surface area contributed by atoms with Gasteiger partial charge in [0.15, 0.2) is 11.5 Å². The van der Waals surface area contributed by atoms with Gasteiger partial charge in [-0.25, -0.2) is 29.1 Å². The van der Waals surface area contributed by atoms with E-state index in [1.165, 1.54) is 4.57 Å². The summed E-state index contributed by atoms with van der Waals surface area (Å²) in [6.07, 6.45) is 7.45. The van der Waals surface area contributed by atoms with Crippen molar-refractivity contribution in [2.24, 2.45) is 0 Å². The van der Waals surface area contributed by atoms with Gasteiger partial charge in [-0.15, -0.1) is 0 Å². The second-order valence-corrected chi connectivity index (χ2v) is 12.3. The molecule has 1 amide bonds. The molecule has 5 heterocycles. The summed E-state index contributed by atoms with van der Waals surface area (Å²) in [7, 11) is 0. The van der Waals surface area contributed by atoms with Gasteiger partial charge >= 0.3 is 12.2 Å². The normalized spacial score (nSPS) is 16.4. The summed E-state index contributed by atoms with van der Waals surface area (Å²) >= 11 is 6.87. The lowest BCUT2D eigenvalue weighted by Gasteiger charge is -2.34. The molecule has 212 valence electrons. The van der Waals surface area contributed by atoms with Crippen LogP contribution in [0, 0.1) is 0 Å². The number of halogens is 1. The first kappa shape index (κ1) is 27.7. The number of piperidine rings is 1. The number of carbonyl (C=O) groups is 2. The van der Waals surface area contributed by atoms with Gasteiger partial charge in [0, 0.05) is 54.9 Å². The smallest absolute Gasteiger partial charge is 0.420 e. The minimum Gasteiger partial charge on any atom is -0.444 e. The Kier molecular flexibility index (Phi) is 7.11. The molecule has 4 aromatic heterocycles. The van der Waals surface area contributed by atoms with Crippen molar-refractivity contribution in [2.45, 2.75) is 71.6 Å². The van der Waals surface area contributed by atoms with Gasteiger partial charge < -0.3 is 19.7 Å². The molecule has 5 rings (SSSR count). The van der Waals surface area contributed by atoms with Crippen molar-refractivity contribution in [1.29, 1.82) is 0 Å². The summed E-state index contributed by atoms with van der Waals surface area (Å²) in [6.45, 7) is 12.1. The largest absolute Gasteiger partial charge is 0.444 e. The molecule has 0 aromatic carbocycles. The highest BCUT2D eigenvalue weighted by Gasteiger charge is 2.29. The zero-order valence-electron chi connectivity index (χ0n) is 23.6. The molecule has 1 aliphatic heterocycles. The zero-order valence-corrected chi connectivity index (χ0v) is 24.3. The lowest BCUT2D eigenvalue weighted by atomic mass is 10.1.